The number of nitrogens with zero attached hydrogens (tertiary/aromatic N) is 2. The third-order valence-electron chi connectivity index (χ3n) is 3.78. The second kappa shape index (κ2) is 5.64. The standard InChI is InChI=1S/C12H22N2O2/c15-12(16)5-9-13-6-3-4-11(10-13)14-7-1-2-8-14/h11H,1-10H2,(H,15,16)/t11-/m1/s1. The van der Waals surface area contributed by atoms with Crippen LogP contribution in [0.5, 0.6) is 0 Å². The Balaban J connectivity index is 1.76. The molecule has 4 nitrogen and oxygen atoms in total. The zero-order valence-electron chi connectivity index (χ0n) is 9.90. The molecule has 0 aromatic rings. The lowest BCUT2D eigenvalue weighted by molar-refractivity contribution is -0.137. The minimum absolute atomic E-state index is 0.284. The number of carboxylic acid groups (broad SMARTS) is 1. The van der Waals surface area contributed by atoms with Gasteiger partial charge < -0.3 is 10.0 Å². The van der Waals surface area contributed by atoms with Crippen LogP contribution in [0, 0.1) is 0 Å². The first kappa shape index (κ1) is 11.9. The Morgan fingerprint density at radius 3 is 2.62 bits per heavy atom. The van der Waals surface area contributed by atoms with Crippen LogP contribution in [0.4, 0.5) is 0 Å². The van der Waals surface area contributed by atoms with E-state index in [1.165, 1.54) is 38.8 Å². The molecule has 2 saturated heterocycles. The highest BCUT2D eigenvalue weighted by atomic mass is 16.4. The molecule has 0 radical (unpaired) electrons. The first-order chi connectivity index (χ1) is 7.75. The maximum Gasteiger partial charge on any atom is 0.304 e. The van der Waals surface area contributed by atoms with E-state index in [-0.39, 0.29) is 6.42 Å². The summed E-state index contributed by atoms with van der Waals surface area (Å²) < 4.78 is 0. The first-order valence-corrected chi connectivity index (χ1v) is 6.44. The van der Waals surface area contributed by atoms with Gasteiger partial charge in [-0.25, -0.2) is 0 Å². The Bertz CT molecular complexity index is 239. The molecular formula is C12H22N2O2. The van der Waals surface area contributed by atoms with E-state index < -0.39 is 5.97 Å². The third-order valence-corrected chi connectivity index (χ3v) is 3.78. The number of carbonyl (C=O) groups is 1. The minimum Gasteiger partial charge on any atom is -0.481 e. The van der Waals surface area contributed by atoms with Crippen LogP contribution in [0.1, 0.15) is 32.1 Å². The molecule has 4 heteroatoms. The Kier molecular flexibility index (Phi) is 4.18. The Morgan fingerprint density at radius 2 is 1.94 bits per heavy atom. The van der Waals surface area contributed by atoms with Crippen molar-refractivity contribution in [3.8, 4) is 0 Å². The van der Waals surface area contributed by atoms with E-state index in [1.54, 1.807) is 0 Å². The quantitative estimate of drug-likeness (QED) is 0.777. The molecule has 0 aliphatic carbocycles. The van der Waals surface area contributed by atoms with Gasteiger partial charge in [0.15, 0.2) is 0 Å². The van der Waals surface area contributed by atoms with Gasteiger partial charge >= 0.3 is 5.97 Å². The van der Waals surface area contributed by atoms with E-state index >= 15 is 0 Å². The zero-order chi connectivity index (χ0) is 11.4. The lowest BCUT2D eigenvalue weighted by Gasteiger charge is -2.37. The third kappa shape index (κ3) is 3.19. The molecule has 1 atom stereocenters. The molecule has 2 aliphatic rings. The molecule has 2 rings (SSSR count). The van der Waals surface area contributed by atoms with E-state index in [2.05, 4.69) is 9.80 Å². The fraction of sp³-hybridized carbons (Fsp3) is 0.917. The van der Waals surface area contributed by atoms with Crippen molar-refractivity contribution >= 4 is 5.97 Å². The number of piperidine rings is 1. The molecule has 2 heterocycles. The van der Waals surface area contributed by atoms with Crippen molar-refractivity contribution in [2.24, 2.45) is 0 Å². The van der Waals surface area contributed by atoms with Crippen molar-refractivity contribution in [2.75, 3.05) is 32.7 Å². The highest BCUT2D eigenvalue weighted by Crippen LogP contribution is 2.20. The average Bonchev–Trinajstić information content (AvgIpc) is 2.80. The molecule has 2 fully saturated rings. The fourth-order valence-electron chi connectivity index (χ4n) is 2.89. The predicted octanol–water partition coefficient (Wildman–Crippen LogP) is 1.02. The summed E-state index contributed by atoms with van der Waals surface area (Å²) in [5.41, 5.74) is 0. The van der Waals surface area contributed by atoms with Gasteiger partial charge in [-0.1, -0.05) is 0 Å². The van der Waals surface area contributed by atoms with Gasteiger partial charge in [-0.05, 0) is 45.3 Å². The number of carboxylic acids is 1. The van der Waals surface area contributed by atoms with Crippen molar-refractivity contribution in [1.82, 2.24) is 9.80 Å². The van der Waals surface area contributed by atoms with E-state index in [1.807, 2.05) is 0 Å². The fourth-order valence-corrected chi connectivity index (χ4v) is 2.89. The van der Waals surface area contributed by atoms with Crippen LogP contribution in [0.2, 0.25) is 0 Å². The molecule has 0 aromatic carbocycles. The summed E-state index contributed by atoms with van der Waals surface area (Å²) >= 11 is 0. The maximum atomic E-state index is 10.5. The van der Waals surface area contributed by atoms with Gasteiger partial charge in [0.25, 0.3) is 0 Å². The Morgan fingerprint density at radius 1 is 1.19 bits per heavy atom. The Labute approximate surface area is 97.2 Å². The largest absolute Gasteiger partial charge is 0.481 e. The second-order valence-corrected chi connectivity index (χ2v) is 4.98. The van der Waals surface area contributed by atoms with E-state index in [4.69, 9.17) is 5.11 Å². The molecule has 0 saturated carbocycles. The van der Waals surface area contributed by atoms with Crippen LogP contribution in [0.3, 0.4) is 0 Å². The number of hydrogen-bond acceptors (Lipinski definition) is 3. The predicted molar refractivity (Wildman–Crippen MR) is 62.5 cm³/mol. The summed E-state index contributed by atoms with van der Waals surface area (Å²) in [4.78, 5) is 15.5. The van der Waals surface area contributed by atoms with Crippen molar-refractivity contribution in [1.29, 1.82) is 0 Å². The van der Waals surface area contributed by atoms with Gasteiger partial charge in [0.1, 0.15) is 0 Å². The number of rotatable bonds is 4. The van der Waals surface area contributed by atoms with Gasteiger partial charge in [0, 0.05) is 19.1 Å². The highest BCUT2D eigenvalue weighted by Gasteiger charge is 2.26. The van der Waals surface area contributed by atoms with Gasteiger partial charge in [-0.3, -0.25) is 9.69 Å². The summed E-state index contributed by atoms with van der Waals surface area (Å²) in [6, 6.07) is 0.685. The second-order valence-electron chi connectivity index (χ2n) is 4.98. The van der Waals surface area contributed by atoms with Crippen LogP contribution in [-0.2, 0) is 4.79 Å². The summed E-state index contributed by atoms with van der Waals surface area (Å²) in [6.45, 7) is 5.37. The van der Waals surface area contributed by atoms with E-state index in [0.717, 1.165) is 19.6 Å². The zero-order valence-corrected chi connectivity index (χ0v) is 9.90. The van der Waals surface area contributed by atoms with Crippen LogP contribution in [0.15, 0.2) is 0 Å². The van der Waals surface area contributed by atoms with E-state index in [9.17, 15) is 4.79 Å². The van der Waals surface area contributed by atoms with Gasteiger partial charge in [0.05, 0.1) is 6.42 Å². The van der Waals surface area contributed by atoms with Crippen molar-refractivity contribution in [2.45, 2.75) is 38.1 Å². The first-order valence-electron chi connectivity index (χ1n) is 6.44. The smallest absolute Gasteiger partial charge is 0.304 e. The SMILES string of the molecule is O=C(O)CCN1CCC[C@@H](N2CCCC2)C1. The molecule has 0 unspecified atom stereocenters. The molecule has 1 N–H and O–H groups in total. The van der Waals surface area contributed by atoms with Gasteiger partial charge in [0.2, 0.25) is 0 Å². The monoisotopic (exact) mass is 226 g/mol. The molecular weight excluding hydrogens is 204 g/mol. The normalized spacial score (nSPS) is 28.4. The number of aliphatic carboxylic acids is 1. The molecule has 0 bridgehead atoms. The number of likely N-dealkylation sites (tertiary alicyclic amines) is 2. The van der Waals surface area contributed by atoms with Gasteiger partial charge in [-0.2, -0.15) is 0 Å². The summed E-state index contributed by atoms with van der Waals surface area (Å²) in [5, 5.41) is 8.68. The number of hydrogen-bond donors (Lipinski definition) is 1. The summed E-state index contributed by atoms with van der Waals surface area (Å²) in [5.74, 6) is -0.678. The maximum absolute atomic E-state index is 10.5. The minimum atomic E-state index is -0.678. The van der Waals surface area contributed by atoms with Crippen LogP contribution in [-0.4, -0.2) is 59.6 Å². The molecule has 0 aromatic heterocycles. The Hall–Kier alpha value is -0.610. The van der Waals surface area contributed by atoms with Gasteiger partial charge in [-0.15, -0.1) is 0 Å². The van der Waals surface area contributed by atoms with Crippen molar-refractivity contribution in [3.05, 3.63) is 0 Å². The molecule has 16 heavy (non-hydrogen) atoms. The van der Waals surface area contributed by atoms with Crippen LogP contribution < -0.4 is 0 Å². The van der Waals surface area contributed by atoms with Crippen molar-refractivity contribution in [3.63, 3.8) is 0 Å². The van der Waals surface area contributed by atoms with E-state index in [0.29, 0.717) is 6.04 Å². The summed E-state index contributed by atoms with van der Waals surface area (Å²) in [6.07, 6.45) is 5.48. The molecule has 2 aliphatic heterocycles. The van der Waals surface area contributed by atoms with Crippen molar-refractivity contribution < 1.29 is 9.90 Å². The molecule has 0 amide bonds. The van der Waals surface area contributed by atoms with Crippen LogP contribution in [0.25, 0.3) is 0 Å². The average molecular weight is 226 g/mol. The summed E-state index contributed by atoms with van der Waals surface area (Å²) in [7, 11) is 0. The molecule has 0 spiro atoms. The highest BCUT2D eigenvalue weighted by molar-refractivity contribution is 5.66. The lowest BCUT2D eigenvalue weighted by atomic mass is 10.0. The molecule has 92 valence electrons. The topological polar surface area (TPSA) is 43.8 Å². The van der Waals surface area contributed by atoms with Crippen LogP contribution >= 0.6 is 0 Å². The lowest BCUT2D eigenvalue weighted by Crippen LogP contribution is -2.47.